The number of rotatable bonds is 3. The van der Waals surface area contributed by atoms with Crippen LogP contribution in [0.5, 0.6) is 0 Å². The Morgan fingerprint density at radius 1 is 1.00 bits per heavy atom. The zero-order chi connectivity index (χ0) is 15.6. The molecular formula is C18H35N3O. The van der Waals surface area contributed by atoms with Gasteiger partial charge in [-0.2, -0.15) is 0 Å². The lowest BCUT2D eigenvalue weighted by molar-refractivity contribution is -0.0475. The lowest BCUT2D eigenvalue weighted by Crippen LogP contribution is -2.57. The third kappa shape index (κ3) is 4.22. The van der Waals surface area contributed by atoms with Gasteiger partial charge in [0.25, 0.3) is 0 Å². The summed E-state index contributed by atoms with van der Waals surface area (Å²) in [5, 5.41) is 10.8. The summed E-state index contributed by atoms with van der Waals surface area (Å²) in [4.78, 5) is 7.69. The van der Waals surface area contributed by atoms with Gasteiger partial charge in [-0.25, -0.2) is 0 Å². The molecule has 0 spiro atoms. The first kappa shape index (κ1) is 16.7. The fourth-order valence-corrected chi connectivity index (χ4v) is 4.60. The highest BCUT2D eigenvalue weighted by molar-refractivity contribution is 4.90. The molecule has 1 aliphatic carbocycles. The maximum absolute atomic E-state index is 10.8. The van der Waals surface area contributed by atoms with Crippen LogP contribution >= 0.6 is 0 Å². The molecule has 0 aromatic rings. The maximum atomic E-state index is 10.8. The molecule has 1 N–H and O–H groups in total. The number of hydrogen-bond acceptors (Lipinski definition) is 4. The topological polar surface area (TPSA) is 30.0 Å². The first-order valence-electron chi connectivity index (χ1n) is 9.41. The van der Waals surface area contributed by atoms with Crippen molar-refractivity contribution in [3.05, 3.63) is 0 Å². The first-order valence-corrected chi connectivity index (χ1v) is 9.41. The molecule has 128 valence electrons. The standard InChI is InChI=1S/C18H35N3O/c1-16-5-7-18(22,8-6-16)15-20-10-12-21(13-11-20)17-4-3-9-19(2)14-17/h16-17,22H,3-15H2,1-2H3. The van der Waals surface area contributed by atoms with Gasteiger partial charge in [0.1, 0.15) is 0 Å². The Morgan fingerprint density at radius 2 is 1.68 bits per heavy atom. The molecule has 2 aliphatic heterocycles. The van der Waals surface area contributed by atoms with Gasteiger partial charge in [0.2, 0.25) is 0 Å². The highest BCUT2D eigenvalue weighted by Crippen LogP contribution is 2.32. The number of piperazine rings is 1. The molecule has 1 atom stereocenters. The average molecular weight is 309 g/mol. The van der Waals surface area contributed by atoms with Gasteiger partial charge in [0, 0.05) is 45.3 Å². The Balaban J connectivity index is 1.43. The number of likely N-dealkylation sites (tertiary alicyclic amines) is 1. The van der Waals surface area contributed by atoms with E-state index in [-0.39, 0.29) is 0 Å². The number of aliphatic hydroxyl groups is 1. The number of likely N-dealkylation sites (N-methyl/N-ethyl adjacent to an activating group) is 1. The second-order valence-corrected chi connectivity index (χ2v) is 8.28. The molecule has 0 radical (unpaired) electrons. The Bertz CT molecular complexity index is 346. The quantitative estimate of drug-likeness (QED) is 0.858. The Morgan fingerprint density at radius 3 is 2.32 bits per heavy atom. The number of β-amino-alcohol motifs (C(OH)–C–C–N with tert-alkyl or cyclic N) is 1. The van der Waals surface area contributed by atoms with Crippen molar-refractivity contribution >= 4 is 0 Å². The molecule has 4 heteroatoms. The van der Waals surface area contributed by atoms with E-state index in [1.165, 1.54) is 51.9 Å². The predicted molar refractivity (Wildman–Crippen MR) is 91.1 cm³/mol. The monoisotopic (exact) mass is 309 g/mol. The lowest BCUT2D eigenvalue weighted by atomic mass is 9.79. The summed E-state index contributed by atoms with van der Waals surface area (Å²) in [6.45, 7) is 10.4. The Kier molecular flexibility index (Phi) is 5.43. The molecule has 2 saturated heterocycles. The summed E-state index contributed by atoms with van der Waals surface area (Å²) < 4.78 is 0. The summed E-state index contributed by atoms with van der Waals surface area (Å²) in [5.74, 6) is 0.806. The van der Waals surface area contributed by atoms with Gasteiger partial charge < -0.3 is 10.0 Å². The number of hydrogen-bond donors (Lipinski definition) is 1. The van der Waals surface area contributed by atoms with E-state index in [1.54, 1.807) is 0 Å². The van der Waals surface area contributed by atoms with Crippen LogP contribution in [-0.4, -0.2) is 84.3 Å². The van der Waals surface area contributed by atoms with E-state index in [2.05, 4.69) is 28.7 Å². The Labute approximate surface area is 136 Å². The first-order chi connectivity index (χ1) is 10.5. The molecule has 0 bridgehead atoms. The van der Waals surface area contributed by atoms with Crippen LogP contribution < -0.4 is 0 Å². The van der Waals surface area contributed by atoms with Gasteiger partial charge in [-0.15, -0.1) is 0 Å². The minimum Gasteiger partial charge on any atom is -0.389 e. The summed E-state index contributed by atoms with van der Waals surface area (Å²) in [7, 11) is 2.25. The van der Waals surface area contributed by atoms with Gasteiger partial charge in [0.15, 0.2) is 0 Å². The van der Waals surface area contributed by atoms with Gasteiger partial charge >= 0.3 is 0 Å². The SMILES string of the molecule is CC1CCC(O)(CN2CCN(C3CCCN(C)C3)CC2)CC1. The summed E-state index contributed by atoms with van der Waals surface area (Å²) >= 11 is 0. The van der Waals surface area contributed by atoms with Crippen molar-refractivity contribution in [1.82, 2.24) is 14.7 Å². The fourth-order valence-electron chi connectivity index (χ4n) is 4.60. The highest BCUT2D eigenvalue weighted by Gasteiger charge is 2.35. The fraction of sp³-hybridized carbons (Fsp3) is 1.00. The molecule has 4 nitrogen and oxygen atoms in total. The summed E-state index contributed by atoms with van der Waals surface area (Å²) in [6.07, 6.45) is 7.12. The van der Waals surface area contributed by atoms with E-state index in [4.69, 9.17) is 0 Å². The summed E-state index contributed by atoms with van der Waals surface area (Å²) in [6, 6.07) is 0.763. The van der Waals surface area contributed by atoms with Gasteiger partial charge in [-0.3, -0.25) is 9.80 Å². The second kappa shape index (κ2) is 7.16. The molecule has 0 amide bonds. The number of piperidine rings is 1. The van der Waals surface area contributed by atoms with Crippen LogP contribution in [0.4, 0.5) is 0 Å². The molecule has 2 heterocycles. The smallest absolute Gasteiger partial charge is 0.0774 e. The highest BCUT2D eigenvalue weighted by atomic mass is 16.3. The third-order valence-electron chi connectivity index (χ3n) is 6.25. The van der Waals surface area contributed by atoms with Crippen LogP contribution in [0.1, 0.15) is 45.4 Å². The van der Waals surface area contributed by atoms with Crippen molar-refractivity contribution < 1.29 is 5.11 Å². The minimum atomic E-state index is -0.403. The van der Waals surface area contributed by atoms with Crippen molar-refractivity contribution in [3.8, 4) is 0 Å². The van der Waals surface area contributed by atoms with Gasteiger partial charge in [-0.05, 0) is 58.0 Å². The minimum absolute atomic E-state index is 0.403. The van der Waals surface area contributed by atoms with E-state index in [0.717, 1.165) is 44.4 Å². The average Bonchev–Trinajstić information content (AvgIpc) is 2.51. The largest absolute Gasteiger partial charge is 0.389 e. The molecule has 0 aromatic heterocycles. The van der Waals surface area contributed by atoms with E-state index < -0.39 is 5.60 Å². The van der Waals surface area contributed by atoms with E-state index in [0.29, 0.717) is 0 Å². The molecule has 0 aromatic carbocycles. The Hall–Kier alpha value is -0.160. The molecule has 3 aliphatic rings. The van der Waals surface area contributed by atoms with Crippen molar-refractivity contribution in [1.29, 1.82) is 0 Å². The molecule has 1 saturated carbocycles. The third-order valence-corrected chi connectivity index (χ3v) is 6.25. The van der Waals surface area contributed by atoms with Crippen LogP contribution in [0.2, 0.25) is 0 Å². The van der Waals surface area contributed by atoms with Crippen molar-refractivity contribution in [3.63, 3.8) is 0 Å². The van der Waals surface area contributed by atoms with Crippen LogP contribution in [0, 0.1) is 5.92 Å². The van der Waals surface area contributed by atoms with Crippen LogP contribution in [0.25, 0.3) is 0 Å². The second-order valence-electron chi connectivity index (χ2n) is 8.28. The molecule has 1 unspecified atom stereocenters. The lowest BCUT2D eigenvalue weighted by Gasteiger charge is -2.45. The van der Waals surface area contributed by atoms with Gasteiger partial charge in [-0.1, -0.05) is 6.92 Å². The molecule has 3 rings (SSSR count). The normalized spacial score (nSPS) is 40.0. The summed E-state index contributed by atoms with van der Waals surface area (Å²) in [5.41, 5.74) is -0.403. The van der Waals surface area contributed by atoms with Crippen LogP contribution in [-0.2, 0) is 0 Å². The van der Waals surface area contributed by atoms with E-state index in [1.807, 2.05) is 0 Å². The maximum Gasteiger partial charge on any atom is 0.0774 e. The van der Waals surface area contributed by atoms with E-state index >= 15 is 0 Å². The van der Waals surface area contributed by atoms with Crippen molar-refractivity contribution in [2.45, 2.75) is 57.1 Å². The zero-order valence-electron chi connectivity index (χ0n) is 14.6. The van der Waals surface area contributed by atoms with Crippen LogP contribution in [0.15, 0.2) is 0 Å². The molecule has 22 heavy (non-hydrogen) atoms. The molecular weight excluding hydrogens is 274 g/mol. The van der Waals surface area contributed by atoms with E-state index in [9.17, 15) is 5.11 Å². The number of nitrogens with zero attached hydrogens (tertiary/aromatic N) is 3. The molecule has 3 fully saturated rings. The van der Waals surface area contributed by atoms with Crippen LogP contribution in [0.3, 0.4) is 0 Å². The van der Waals surface area contributed by atoms with Crippen molar-refractivity contribution in [2.24, 2.45) is 5.92 Å². The zero-order valence-corrected chi connectivity index (χ0v) is 14.6. The van der Waals surface area contributed by atoms with Crippen molar-refractivity contribution in [2.75, 3.05) is 52.9 Å². The van der Waals surface area contributed by atoms with Gasteiger partial charge in [0.05, 0.1) is 5.60 Å². The predicted octanol–water partition coefficient (Wildman–Crippen LogP) is 1.64.